The molecule has 1 heterocycles. The van der Waals surface area contributed by atoms with Crippen molar-refractivity contribution in [2.24, 2.45) is 0 Å². The van der Waals surface area contributed by atoms with Crippen LogP contribution in [0.4, 0.5) is 0 Å². The molecule has 7 heteroatoms. The van der Waals surface area contributed by atoms with Crippen molar-refractivity contribution < 1.29 is 14.3 Å². The number of carbonyl (C=O) groups excluding carboxylic acids is 2. The molecule has 0 aliphatic rings. The highest BCUT2D eigenvalue weighted by atomic mass is 16.5. The van der Waals surface area contributed by atoms with Gasteiger partial charge in [0.1, 0.15) is 0 Å². The second kappa shape index (κ2) is 8.67. The number of hydrogen-bond donors (Lipinski definition) is 2. The summed E-state index contributed by atoms with van der Waals surface area (Å²) in [6.07, 6.45) is 0.800. The van der Waals surface area contributed by atoms with Gasteiger partial charge in [-0.05, 0) is 48.9 Å². The van der Waals surface area contributed by atoms with Crippen molar-refractivity contribution >= 4 is 22.8 Å². The molecule has 0 saturated carbocycles. The van der Waals surface area contributed by atoms with Crippen molar-refractivity contribution in [1.82, 2.24) is 20.4 Å². The van der Waals surface area contributed by atoms with Gasteiger partial charge in [0.05, 0.1) is 23.9 Å². The van der Waals surface area contributed by atoms with E-state index in [0.717, 1.165) is 35.1 Å². The quantitative estimate of drug-likeness (QED) is 0.485. The summed E-state index contributed by atoms with van der Waals surface area (Å²) in [6.45, 7) is 1.34. The molecule has 0 radical (unpaired) electrons. The molecule has 3 aromatic rings. The monoisotopic (exact) mass is 380 g/mol. The number of rotatable bonds is 7. The number of hydrogen-bond acceptors (Lipinski definition) is 5. The number of H-pyrrole nitrogens is 1. The average Bonchev–Trinajstić information content (AvgIpc) is 3.12. The Bertz CT molecular complexity index is 994. The van der Waals surface area contributed by atoms with Crippen molar-refractivity contribution in [1.29, 1.82) is 0 Å². The number of fused-ring (bicyclic) bond motifs is 1. The molecule has 1 aromatic heterocycles. The third-order valence-corrected chi connectivity index (χ3v) is 4.53. The molecular weight excluding hydrogens is 356 g/mol. The predicted octanol–water partition coefficient (Wildman–Crippen LogP) is 2.38. The van der Waals surface area contributed by atoms with Gasteiger partial charge in [-0.3, -0.25) is 9.89 Å². The highest BCUT2D eigenvalue weighted by Gasteiger charge is 2.11. The van der Waals surface area contributed by atoms with Crippen LogP contribution in [0.2, 0.25) is 0 Å². The Morgan fingerprint density at radius 2 is 1.96 bits per heavy atom. The number of aromatic amines is 1. The molecule has 0 aliphatic heterocycles. The molecule has 0 unspecified atom stereocenters. The van der Waals surface area contributed by atoms with Gasteiger partial charge in [-0.2, -0.15) is 5.10 Å². The van der Waals surface area contributed by atoms with Gasteiger partial charge in [-0.15, -0.1) is 0 Å². The minimum Gasteiger partial charge on any atom is -0.465 e. The van der Waals surface area contributed by atoms with E-state index in [4.69, 9.17) is 4.74 Å². The van der Waals surface area contributed by atoms with E-state index in [1.807, 2.05) is 24.3 Å². The Labute approximate surface area is 163 Å². The van der Waals surface area contributed by atoms with E-state index >= 15 is 0 Å². The van der Waals surface area contributed by atoms with Gasteiger partial charge in [-0.25, -0.2) is 4.79 Å². The van der Waals surface area contributed by atoms with Crippen LogP contribution in [0.25, 0.3) is 10.9 Å². The standard InChI is InChI=1S/C21H24N4O3/c1-25(2)20(26)15-6-4-5-14(11-15)9-10-22-13-19-17-12-16(21(27)28-3)7-8-18(17)23-24-19/h4-8,11-12,22H,9-10,13H2,1-3H3,(H,23,24). The zero-order valence-corrected chi connectivity index (χ0v) is 16.3. The zero-order chi connectivity index (χ0) is 20.1. The number of nitrogens with one attached hydrogen (secondary N) is 2. The van der Waals surface area contributed by atoms with Crippen LogP contribution in [0.5, 0.6) is 0 Å². The first-order chi connectivity index (χ1) is 13.5. The first kappa shape index (κ1) is 19.6. The topological polar surface area (TPSA) is 87.3 Å². The van der Waals surface area contributed by atoms with E-state index in [1.165, 1.54) is 7.11 Å². The van der Waals surface area contributed by atoms with Crippen molar-refractivity contribution in [3.63, 3.8) is 0 Å². The molecule has 146 valence electrons. The summed E-state index contributed by atoms with van der Waals surface area (Å²) in [6, 6.07) is 13.0. The van der Waals surface area contributed by atoms with E-state index in [1.54, 1.807) is 37.2 Å². The van der Waals surface area contributed by atoms with Crippen LogP contribution in [0.15, 0.2) is 42.5 Å². The summed E-state index contributed by atoms with van der Waals surface area (Å²) in [5.74, 6) is -0.366. The maximum atomic E-state index is 12.1. The first-order valence-corrected chi connectivity index (χ1v) is 9.06. The number of esters is 1. The van der Waals surface area contributed by atoms with Gasteiger partial charge in [-0.1, -0.05) is 12.1 Å². The number of methoxy groups -OCH3 is 1. The predicted molar refractivity (Wildman–Crippen MR) is 107 cm³/mol. The number of ether oxygens (including phenoxy) is 1. The normalized spacial score (nSPS) is 10.8. The number of nitrogens with zero attached hydrogens (tertiary/aromatic N) is 2. The first-order valence-electron chi connectivity index (χ1n) is 9.06. The van der Waals surface area contributed by atoms with Crippen LogP contribution in [0.1, 0.15) is 32.0 Å². The summed E-state index contributed by atoms with van der Waals surface area (Å²) in [5.41, 5.74) is 4.01. The zero-order valence-electron chi connectivity index (χ0n) is 16.3. The van der Waals surface area contributed by atoms with Crippen molar-refractivity contribution in [3.05, 3.63) is 64.8 Å². The molecule has 28 heavy (non-hydrogen) atoms. The fraction of sp³-hybridized carbons (Fsp3) is 0.286. The lowest BCUT2D eigenvalue weighted by Gasteiger charge is -2.11. The van der Waals surface area contributed by atoms with Crippen molar-refractivity contribution in [3.8, 4) is 0 Å². The van der Waals surface area contributed by atoms with Crippen molar-refractivity contribution in [2.45, 2.75) is 13.0 Å². The van der Waals surface area contributed by atoms with Gasteiger partial charge in [0, 0.05) is 31.6 Å². The Kier molecular flexibility index (Phi) is 6.06. The Morgan fingerprint density at radius 3 is 2.71 bits per heavy atom. The largest absolute Gasteiger partial charge is 0.465 e. The minimum absolute atomic E-state index is 0.000138. The third kappa shape index (κ3) is 4.37. The Balaban J connectivity index is 1.61. The fourth-order valence-electron chi connectivity index (χ4n) is 3.01. The molecule has 0 aliphatic carbocycles. The van der Waals surface area contributed by atoms with Crippen molar-refractivity contribution in [2.75, 3.05) is 27.7 Å². The Hall–Kier alpha value is -3.19. The number of amides is 1. The lowest BCUT2D eigenvalue weighted by Crippen LogP contribution is -2.22. The second-order valence-electron chi connectivity index (χ2n) is 6.75. The summed E-state index contributed by atoms with van der Waals surface area (Å²) in [4.78, 5) is 25.4. The highest BCUT2D eigenvalue weighted by molar-refractivity contribution is 5.95. The molecule has 2 N–H and O–H groups in total. The van der Waals surface area contributed by atoms with Gasteiger partial charge in [0.2, 0.25) is 0 Å². The van der Waals surface area contributed by atoms with E-state index in [-0.39, 0.29) is 11.9 Å². The molecule has 2 aromatic carbocycles. The highest BCUT2D eigenvalue weighted by Crippen LogP contribution is 2.18. The lowest BCUT2D eigenvalue weighted by molar-refractivity contribution is 0.0600. The molecule has 0 saturated heterocycles. The minimum atomic E-state index is -0.367. The van der Waals surface area contributed by atoms with Gasteiger partial charge in [0.25, 0.3) is 5.91 Å². The number of carbonyl (C=O) groups is 2. The van der Waals surface area contributed by atoms with Crippen LogP contribution >= 0.6 is 0 Å². The summed E-state index contributed by atoms with van der Waals surface area (Å²) in [7, 11) is 4.86. The average molecular weight is 380 g/mol. The van der Waals surface area contributed by atoms with Crippen LogP contribution in [-0.4, -0.2) is 54.7 Å². The molecule has 3 rings (SSSR count). The van der Waals surface area contributed by atoms with Crippen LogP contribution in [-0.2, 0) is 17.7 Å². The van der Waals surface area contributed by atoms with E-state index in [0.29, 0.717) is 17.7 Å². The van der Waals surface area contributed by atoms with Crippen LogP contribution < -0.4 is 5.32 Å². The van der Waals surface area contributed by atoms with E-state index in [2.05, 4.69) is 15.5 Å². The molecule has 0 bridgehead atoms. The Morgan fingerprint density at radius 1 is 1.14 bits per heavy atom. The summed E-state index contributed by atoms with van der Waals surface area (Å²) >= 11 is 0. The molecule has 1 amide bonds. The fourth-order valence-corrected chi connectivity index (χ4v) is 3.01. The summed E-state index contributed by atoms with van der Waals surface area (Å²) < 4.78 is 4.78. The number of benzene rings is 2. The molecular formula is C21H24N4O3. The molecule has 0 spiro atoms. The molecule has 7 nitrogen and oxygen atoms in total. The summed E-state index contributed by atoms with van der Waals surface area (Å²) in [5, 5.41) is 11.6. The van der Waals surface area contributed by atoms with Gasteiger partial charge in [0.15, 0.2) is 0 Å². The van der Waals surface area contributed by atoms with E-state index < -0.39 is 0 Å². The van der Waals surface area contributed by atoms with Crippen LogP contribution in [0.3, 0.4) is 0 Å². The molecule has 0 fully saturated rings. The second-order valence-corrected chi connectivity index (χ2v) is 6.75. The SMILES string of the molecule is COC(=O)c1ccc2n[nH]c(CNCCc3cccc(C(=O)N(C)C)c3)c2c1. The van der Waals surface area contributed by atoms with Gasteiger partial charge >= 0.3 is 5.97 Å². The maximum Gasteiger partial charge on any atom is 0.337 e. The van der Waals surface area contributed by atoms with Crippen LogP contribution in [0, 0.1) is 0 Å². The number of aromatic nitrogens is 2. The smallest absolute Gasteiger partial charge is 0.337 e. The lowest BCUT2D eigenvalue weighted by atomic mass is 10.1. The van der Waals surface area contributed by atoms with Gasteiger partial charge < -0.3 is 15.0 Å². The van der Waals surface area contributed by atoms with E-state index in [9.17, 15) is 9.59 Å². The third-order valence-electron chi connectivity index (χ3n) is 4.53. The maximum absolute atomic E-state index is 12.1. The molecule has 0 atom stereocenters.